The molecular weight excluding hydrogens is 232 g/mol. The third-order valence-corrected chi connectivity index (χ3v) is 3.52. The largest absolute Gasteiger partial charge is 0.366 e. The van der Waals surface area contributed by atoms with E-state index >= 15 is 0 Å². The maximum atomic E-state index is 4.47. The minimum absolute atomic E-state index is 1.01. The van der Waals surface area contributed by atoms with E-state index < -0.39 is 0 Å². The SMILES string of the molecule is CCCCCCCN1CC=CC=C1c1ccccn1. The lowest BCUT2D eigenvalue weighted by atomic mass is 10.1. The number of rotatable bonds is 7. The number of hydrogen-bond acceptors (Lipinski definition) is 2. The highest BCUT2D eigenvalue weighted by molar-refractivity contribution is 5.63. The molecule has 1 aromatic heterocycles. The molecule has 19 heavy (non-hydrogen) atoms. The fourth-order valence-corrected chi connectivity index (χ4v) is 2.43. The summed E-state index contributed by atoms with van der Waals surface area (Å²) < 4.78 is 0. The van der Waals surface area contributed by atoms with E-state index in [1.807, 2.05) is 12.3 Å². The van der Waals surface area contributed by atoms with Crippen molar-refractivity contribution in [1.82, 2.24) is 9.88 Å². The van der Waals surface area contributed by atoms with E-state index in [0.29, 0.717) is 0 Å². The van der Waals surface area contributed by atoms with Crippen LogP contribution < -0.4 is 0 Å². The van der Waals surface area contributed by atoms with Crippen molar-refractivity contribution in [2.24, 2.45) is 0 Å². The van der Waals surface area contributed by atoms with Gasteiger partial charge in [0.25, 0.3) is 0 Å². The zero-order chi connectivity index (χ0) is 13.3. The van der Waals surface area contributed by atoms with Crippen LogP contribution in [0.5, 0.6) is 0 Å². The zero-order valence-corrected chi connectivity index (χ0v) is 11.9. The van der Waals surface area contributed by atoms with Crippen molar-refractivity contribution in [3.05, 3.63) is 48.3 Å². The molecule has 0 spiro atoms. The summed E-state index contributed by atoms with van der Waals surface area (Å²) in [5, 5.41) is 0. The fraction of sp³-hybridized carbons (Fsp3) is 0.471. The summed E-state index contributed by atoms with van der Waals surface area (Å²) in [5.41, 5.74) is 2.35. The molecule has 0 aromatic carbocycles. The molecule has 0 amide bonds. The van der Waals surface area contributed by atoms with Gasteiger partial charge >= 0.3 is 0 Å². The summed E-state index contributed by atoms with van der Waals surface area (Å²) in [4.78, 5) is 6.91. The molecule has 2 heteroatoms. The Morgan fingerprint density at radius 2 is 2.05 bits per heavy atom. The summed E-state index contributed by atoms with van der Waals surface area (Å²) >= 11 is 0. The molecule has 0 radical (unpaired) electrons. The molecule has 1 aliphatic heterocycles. The van der Waals surface area contributed by atoms with Gasteiger partial charge in [-0.25, -0.2) is 0 Å². The lowest BCUT2D eigenvalue weighted by molar-refractivity contribution is 0.411. The predicted octanol–water partition coefficient (Wildman–Crippen LogP) is 4.26. The van der Waals surface area contributed by atoms with Gasteiger partial charge in [-0.1, -0.05) is 50.8 Å². The number of unbranched alkanes of at least 4 members (excludes halogenated alkanes) is 4. The Kier molecular flexibility index (Phi) is 5.67. The van der Waals surface area contributed by atoms with Crippen LogP contribution in [0.15, 0.2) is 42.6 Å². The van der Waals surface area contributed by atoms with Gasteiger partial charge in [0.1, 0.15) is 0 Å². The summed E-state index contributed by atoms with van der Waals surface area (Å²) in [7, 11) is 0. The van der Waals surface area contributed by atoms with E-state index in [4.69, 9.17) is 0 Å². The van der Waals surface area contributed by atoms with E-state index in [1.165, 1.54) is 37.8 Å². The van der Waals surface area contributed by atoms with Gasteiger partial charge in [-0.2, -0.15) is 0 Å². The van der Waals surface area contributed by atoms with Crippen molar-refractivity contribution in [2.75, 3.05) is 13.1 Å². The van der Waals surface area contributed by atoms with Crippen molar-refractivity contribution in [1.29, 1.82) is 0 Å². The van der Waals surface area contributed by atoms with Gasteiger partial charge in [-0.05, 0) is 24.6 Å². The second-order valence-corrected chi connectivity index (χ2v) is 5.06. The summed E-state index contributed by atoms with van der Waals surface area (Å²) in [6.45, 7) is 4.41. The summed E-state index contributed by atoms with van der Waals surface area (Å²) in [5.74, 6) is 0. The van der Waals surface area contributed by atoms with Crippen molar-refractivity contribution in [2.45, 2.75) is 39.0 Å². The van der Waals surface area contributed by atoms with Gasteiger partial charge in [0.15, 0.2) is 0 Å². The molecule has 2 rings (SSSR count). The van der Waals surface area contributed by atoms with Crippen molar-refractivity contribution < 1.29 is 0 Å². The molecule has 0 fully saturated rings. The van der Waals surface area contributed by atoms with E-state index in [9.17, 15) is 0 Å². The summed E-state index contributed by atoms with van der Waals surface area (Å²) in [6, 6.07) is 6.12. The molecule has 1 aromatic rings. The van der Waals surface area contributed by atoms with Crippen LogP contribution >= 0.6 is 0 Å². The van der Waals surface area contributed by atoms with Crippen LogP contribution in [0.3, 0.4) is 0 Å². The minimum atomic E-state index is 1.01. The lowest BCUT2D eigenvalue weighted by Crippen LogP contribution is -2.25. The number of aromatic nitrogens is 1. The Morgan fingerprint density at radius 3 is 2.84 bits per heavy atom. The minimum Gasteiger partial charge on any atom is -0.366 e. The van der Waals surface area contributed by atoms with Crippen molar-refractivity contribution in [3.8, 4) is 0 Å². The van der Waals surface area contributed by atoms with Gasteiger partial charge in [0, 0.05) is 19.3 Å². The van der Waals surface area contributed by atoms with Crippen LogP contribution in [0.2, 0.25) is 0 Å². The van der Waals surface area contributed by atoms with Crippen molar-refractivity contribution in [3.63, 3.8) is 0 Å². The average Bonchev–Trinajstić information content (AvgIpc) is 2.48. The molecule has 0 bridgehead atoms. The van der Waals surface area contributed by atoms with Gasteiger partial charge in [0.05, 0.1) is 11.4 Å². The number of allylic oxidation sites excluding steroid dienone is 2. The van der Waals surface area contributed by atoms with E-state index in [0.717, 1.165) is 18.8 Å². The molecule has 0 unspecified atom stereocenters. The van der Waals surface area contributed by atoms with E-state index in [1.54, 1.807) is 0 Å². The van der Waals surface area contributed by atoms with Crippen LogP contribution in [0.4, 0.5) is 0 Å². The van der Waals surface area contributed by atoms with Crippen molar-refractivity contribution >= 4 is 5.70 Å². The molecule has 0 N–H and O–H groups in total. The predicted molar refractivity (Wildman–Crippen MR) is 81.7 cm³/mol. The van der Waals surface area contributed by atoms with Crippen LogP contribution in [0.25, 0.3) is 5.70 Å². The average molecular weight is 256 g/mol. The third kappa shape index (κ3) is 4.23. The first-order valence-electron chi connectivity index (χ1n) is 7.45. The second-order valence-electron chi connectivity index (χ2n) is 5.06. The van der Waals surface area contributed by atoms with Crippen LogP contribution in [0, 0.1) is 0 Å². The van der Waals surface area contributed by atoms with Gasteiger partial charge < -0.3 is 4.90 Å². The highest BCUT2D eigenvalue weighted by Crippen LogP contribution is 2.20. The normalized spacial score (nSPS) is 14.6. The molecular formula is C17H24N2. The Balaban J connectivity index is 1.89. The topological polar surface area (TPSA) is 16.1 Å². The quantitative estimate of drug-likeness (QED) is 0.677. The first kappa shape index (κ1) is 13.9. The molecule has 0 aliphatic carbocycles. The maximum Gasteiger partial charge on any atom is 0.0863 e. The first-order valence-corrected chi connectivity index (χ1v) is 7.45. The molecule has 2 nitrogen and oxygen atoms in total. The zero-order valence-electron chi connectivity index (χ0n) is 11.9. The highest BCUT2D eigenvalue weighted by Gasteiger charge is 2.12. The number of pyridine rings is 1. The molecule has 102 valence electrons. The lowest BCUT2D eigenvalue weighted by Gasteiger charge is -2.28. The Labute approximate surface area is 116 Å². The third-order valence-electron chi connectivity index (χ3n) is 3.52. The van der Waals surface area contributed by atoms with Crippen LogP contribution in [0.1, 0.15) is 44.7 Å². The number of nitrogens with zero attached hydrogens (tertiary/aromatic N) is 2. The van der Waals surface area contributed by atoms with Gasteiger partial charge in [-0.15, -0.1) is 0 Å². The monoisotopic (exact) mass is 256 g/mol. The summed E-state index contributed by atoms with van der Waals surface area (Å²) in [6.07, 6.45) is 15.1. The highest BCUT2D eigenvalue weighted by atomic mass is 15.1. The number of hydrogen-bond donors (Lipinski definition) is 0. The molecule has 2 heterocycles. The van der Waals surface area contributed by atoms with E-state index in [2.05, 4.69) is 47.2 Å². The molecule has 0 saturated carbocycles. The van der Waals surface area contributed by atoms with Gasteiger partial charge in [0.2, 0.25) is 0 Å². The standard InChI is InChI=1S/C17H24N2/c1-2-3-4-5-9-14-19-15-10-7-12-17(19)16-11-6-8-13-18-16/h6-8,10-13H,2-5,9,14-15H2,1H3. The maximum absolute atomic E-state index is 4.47. The smallest absolute Gasteiger partial charge is 0.0863 e. The molecule has 0 saturated heterocycles. The molecule has 1 aliphatic rings. The molecule has 0 atom stereocenters. The second kappa shape index (κ2) is 7.78. The Bertz CT molecular complexity index is 420. The van der Waals surface area contributed by atoms with E-state index in [-0.39, 0.29) is 0 Å². The Morgan fingerprint density at radius 1 is 1.16 bits per heavy atom. The first-order chi connectivity index (χ1) is 9.42. The van der Waals surface area contributed by atoms with Crippen LogP contribution in [-0.2, 0) is 0 Å². The fourth-order valence-electron chi connectivity index (χ4n) is 2.43. The van der Waals surface area contributed by atoms with Gasteiger partial charge in [-0.3, -0.25) is 4.98 Å². The Hall–Kier alpha value is -1.57. The van der Waals surface area contributed by atoms with Crippen LogP contribution in [-0.4, -0.2) is 23.0 Å².